The van der Waals surface area contributed by atoms with Crippen LogP contribution in [-0.2, 0) is 14.3 Å². The summed E-state index contributed by atoms with van der Waals surface area (Å²) in [6.07, 6.45) is 2.42. The smallest absolute Gasteiger partial charge is 0.307 e. The summed E-state index contributed by atoms with van der Waals surface area (Å²) in [7, 11) is 1.66. The minimum atomic E-state index is -0.862. The van der Waals surface area contributed by atoms with Crippen molar-refractivity contribution in [2.45, 2.75) is 31.4 Å². The third-order valence-corrected chi connectivity index (χ3v) is 3.22. The molecule has 2 rings (SSSR count). The second kappa shape index (κ2) is 3.81. The van der Waals surface area contributed by atoms with Gasteiger partial charge in [-0.1, -0.05) is 0 Å². The lowest BCUT2D eigenvalue weighted by Gasteiger charge is -2.34. The molecule has 2 unspecified atom stereocenters. The molecule has 0 aromatic rings. The van der Waals surface area contributed by atoms with E-state index in [-0.39, 0.29) is 24.0 Å². The van der Waals surface area contributed by atoms with Gasteiger partial charge in [-0.3, -0.25) is 9.59 Å². The number of ether oxygens (including phenoxy) is 1. The van der Waals surface area contributed by atoms with Crippen molar-refractivity contribution in [2.75, 3.05) is 7.11 Å². The maximum Gasteiger partial charge on any atom is 0.307 e. The number of amides is 1. The van der Waals surface area contributed by atoms with E-state index in [4.69, 9.17) is 9.84 Å². The number of carboxylic acid groups (broad SMARTS) is 1. The Bertz CT molecular complexity index is 285. The van der Waals surface area contributed by atoms with E-state index in [0.717, 1.165) is 12.8 Å². The fourth-order valence-electron chi connectivity index (χ4n) is 1.94. The molecule has 84 valence electrons. The minimum Gasteiger partial charge on any atom is -0.481 e. The number of carbonyl (C=O) groups is 2. The molecule has 0 saturated heterocycles. The van der Waals surface area contributed by atoms with Gasteiger partial charge in [0, 0.05) is 13.2 Å². The number of hydrogen-bond donors (Lipinski definition) is 2. The number of rotatable bonds is 4. The highest BCUT2D eigenvalue weighted by molar-refractivity contribution is 5.89. The van der Waals surface area contributed by atoms with E-state index in [1.807, 2.05) is 0 Å². The topological polar surface area (TPSA) is 75.6 Å². The third kappa shape index (κ3) is 2.12. The summed E-state index contributed by atoms with van der Waals surface area (Å²) in [6.45, 7) is 0. The van der Waals surface area contributed by atoms with Crippen LogP contribution in [0.2, 0.25) is 0 Å². The molecule has 2 aliphatic rings. The molecule has 0 spiro atoms. The Hall–Kier alpha value is -1.10. The van der Waals surface area contributed by atoms with Gasteiger partial charge in [-0.05, 0) is 19.3 Å². The van der Waals surface area contributed by atoms with Crippen LogP contribution in [0.15, 0.2) is 0 Å². The molecule has 0 aromatic heterocycles. The quantitative estimate of drug-likeness (QED) is 0.689. The monoisotopic (exact) mass is 213 g/mol. The van der Waals surface area contributed by atoms with E-state index in [0.29, 0.717) is 6.42 Å². The van der Waals surface area contributed by atoms with Crippen molar-refractivity contribution in [1.82, 2.24) is 5.32 Å². The zero-order chi connectivity index (χ0) is 11.0. The SMILES string of the molecule is COC1CC(NC(=O)C2CC2C(=O)O)C1. The van der Waals surface area contributed by atoms with Gasteiger partial charge < -0.3 is 15.2 Å². The summed E-state index contributed by atoms with van der Waals surface area (Å²) in [4.78, 5) is 22.0. The average molecular weight is 213 g/mol. The van der Waals surface area contributed by atoms with Gasteiger partial charge in [0.1, 0.15) is 0 Å². The zero-order valence-electron chi connectivity index (χ0n) is 8.60. The molecule has 0 aliphatic heterocycles. The summed E-state index contributed by atoms with van der Waals surface area (Å²) >= 11 is 0. The first-order valence-electron chi connectivity index (χ1n) is 5.17. The Morgan fingerprint density at radius 3 is 2.40 bits per heavy atom. The van der Waals surface area contributed by atoms with Crippen LogP contribution in [0.3, 0.4) is 0 Å². The summed E-state index contributed by atoms with van der Waals surface area (Å²) in [5.41, 5.74) is 0. The molecule has 5 nitrogen and oxygen atoms in total. The normalized spacial score (nSPS) is 37.9. The van der Waals surface area contributed by atoms with Crippen molar-refractivity contribution in [3.63, 3.8) is 0 Å². The molecular weight excluding hydrogens is 198 g/mol. The van der Waals surface area contributed by atoms with Crippen LogP contribution in [0.25, 0.3) is 0 Å². The first kappa shape index (κ1) is 10.4. The highest BCUT2D eigenvalue weighted by Crippen LogP contribution is 2.39. The maximum absolute atomic E-state index is 11.5. The Morgan fingerprint density at radius 2 is 1.93 bits per heavy atom. The molecule has 1 amide bonds. The first-order chi connectivity index (χ1) is 7.11. The standard InChI is InChI=1S/C10H15NO4/c1-15-6-2-5(3-6)11-9(12)7-4-8(7)10(13)14/h5-8H,2-4H2,1H3,(H,11,12)(H,13,14). The summed E-state index contributed by atoms with van der Waals surface area (Å²) in [5.74, 6) is -1.73. The van der Waals surface area contributed by atoms with E-state index >= 15 is 0 Å². The highest BCUT2D eigenvalue weighted by atomic mass is 16.5. The van der Waals surface area contributed by atoms with E-state index in [1.165, 1.54) is 0 Å². The number of nitrogens with one attached hydrogen (secondary N) is 1. The van der Waals surface area contributed by atoms with Crippen LogP contribution in [0, 0.1) is 11.8 Å². The van der Waals surface area contributed by atoms with Crippen molar-refractivity contribution < 1.29 is 19.4 Å². The van der Waals surface area contributed by atoms with Crippen LogP contribution in [0.5, 0.6) is 0 Å². The predicted octanol–water partition coefficient (Wildman–Crippen LogP) is 0.000700. The Labute approximate surface area is 87.8 Å². The van der Waals surface area contributed by atoms with Crippen LogP contribution in [0.4, 0.5) is 0 Å². The third-order valence-electron chi connectivity index (χ3n) is 3.22. The summed E-state index contributed by atoms with van der Waals surface area (Å²) < 4.78 is 5.09. The molecule has 2 aliphatic carbocycles. The lowest BCUT2D eigenvalue weighted by atomic mass is 9.89. The molecule has 0 bridgehead atoms. The molecule has 2 atom stereocenters. The lowest BCUT2D eigenvalue weighted by molar-refractivity contribution is -0.140. The van der Waals surface area contributed by atoms with Crippen LogP contribution >= 0.6 is 0 Å². The van der Waals surface area contributed by atoms with E-state index in [2.05, 4.69) is 5.32 Å². The molecule has 0 radical (unpaired) electrons. The summed E-state index contributed by atoms with van der Waals surface area (Å²) in [5, 5.41) is 11.5. The largest absolute Gasteiger partial charge is 0.481 e. The van der Waals surface area contributed by atoms with Crippen LogP contribution < -0.4 is 5.32 Å². The fraction of sp³-hybridized carbons (Fsp3) is 0.800. The molecule has 2 fully saturated rings. The number of hydrogen-bond acceptors (Lipinski definition) is 3. The van der Waals surface area contributed by atoms with E-state index in [1.54, 1.807) is 7.11 Å². The van der Waals surface area contributed by atoms with Crippen LogP contribution in [0.1, 0.15) is 19.3 Å². The molecular formula is C10H15NO4. The van der Waals surface area contributed by atoms with Crippen molar-refractivity contribution in [3.8, 4) is 0 Å². The number of carbonyl (C=O) groups excluding carboxylic acids is 1. The molecule has 2 saturated carbocycles. The lowest BCUT2D eigenvalue weighted by Crippen LogP contribution is -2.48. The first-order valence-corrected chi connectivity index (χ1v) is 5.17. The van der Waals surface area contributed by atoms with Gasteiger partial charge in [-0.15, -0.1) is 0 Å². The number of methoxy groups -OCH3 is 1. The average Bonchev–Trinajstić information content (AvgIpc) is 2.89. The second-order valence-corrected chi connectivity index (χ2v) is 4.32. The van der Waals surface area contributed by atoms with E-state index in [9.17, 15) is 9.59 Å². The summed E-state index contributed by atoms with van der Waals surface area (Å²) in [6, 6.07) is 0.178. The minimum absolute atomic E-state index is 0.109. The second-order valence-electron chi connectivity index (χ2n) is 4.32. The van der Waals surface area contributed by atoms with Crippen molar-refractivity contribution >= 4 is 11.9 Å². The van der Waals surface area contributed by atoms with Crippen LogP contribution in [-0.4, -0.2) is 36.2 Å². The Morgan fingerprint density at radius 1 is 1.27 bits per heavy atom. The van der Waals surface area contributed by atoms with Crippen molar-refractivity contribution in [1.29, 1.82) is 0 Å². The van der Waals surface area contributed by atoms with Gasteiger partial charge in [0.25, 0.3) is 0 Å². The molecule has 5 heteroatoms. The fourth-order valence-corrected chi connectivity index (χ4v) is 1.94. The molecule has 0 aromatic carbocycles. The van der Waals surface area contributed by atoms with Gasteiger partial charge in [0.2, 0.25) is 5.91 Å². The Balaban J connectivity index is 1.69. The number of aliphatic carboxylic acids is 1. The van der Waals surface area contributed by atoms with E-state index < -0.39 is 11.9 Å². The van der Waals surface area contributed by atoms with Gasteiger partial charge in [0.15, 0.2) is 0 Å². The van der Waals surface area contributed by atoms with Gasteiger partial charge >= 0.3 is 5.97 Å². The highest BCUT2D eigenvalue weighted by Gasteiger charge is 2.49. The molecule has 15 heavy (non-hydrogen) atoms. The predicted molar refractivity (Wildman–Crippen MR) is 51.2 cm³/mol. The zero-order valence-corrected chi connectivity index (χ0v) is 8.60. The molecule has 0 heterocycles. The number of carboxylic acids is 1. The van der Waals surface area contributed by atoms with Crippen molar-refractivity contribution in [3.05, 3.63) is 0 Å². The molecule has 2 N–H and O–H groups in total. The Kier molecular flexibility index (Phi) is 2.65. The maximum atomic E-state index is 11.5. The van der Waals surface area contributed by atoms with Crippen molar-refractivity contribution in [2.24, 2.45) is 11.8 Å². The van der Waals surface area contributed by atoms with Gasteiger partial charge in [0.05, 0.1) is 17.9 Å². The van der Waals surface area contributed by atoms with Gasteiger partial charge in [-0.2, -0.15) is 0 Å². The van der Waals surface area contributed by atoms with Gasteiger partial charge in [-0.25, -0.2) is 0 Å².